The van der Waals surface area contributed by atoms with Gasteiger partial charge in [-0.2, -0.15) is 5.10 Å². The van der Waals surface area contributed by atoms with E-state index in [-0.39, 0.29) is 11.4 Å². The standard InChI is InChI=1S/C24H28IN3O3/c1-7-28-20-12-21(30-5)17(10-18(20)15(2)13-24(28,3)4)14-26-27-23(29)16-8-9-19(25)22(11-16)31-6/h8-14H,7H2,1-6H3,(H,27,29)/b26-14+. The van der Waals surface area contributed by atoms with E-state index in [9.17, 15) is 4.79 Å². The number of nitrogens with one attached hydrogen (secondary N) is 1. The number of carbonyl (C=O) groups is 1. The number of allylic oxidation sites excluding steroid dienone is 1. The summed E-state index contributed by atoms with van der Waals surface area (Å²) in [7, 11) is 3.22. The first-order valence-electron chi connectivity index (χ1n) is 10.1. The second kappa shape index (κ2) is 9.30. The number of rotatable bonds is 6. The maximum absolute atomic E-state index is 12.5. The molecular formula is C24H28IN3O3. The molecule has 0 aliphatic carbocycles. The van der Waals surface area contributed by atoms with Crippen molar-refractivity contribution in [3.8, 4) is 11.5 Å². The highest BCUT2D eigenvalue weighted by atomic mass is 127. The average molecular weight is 533 g/mol. The Morgan fingerprint density at radius 1 is 1.19 bits per heavy atom. The van der Waals surface area contributed by atoms with E-state index in [0.717, 1.165) is 26.9 Å². The third kappa shape index (κ3) is 4.71. The van der Waals surface area contributed by atoms with E-state index in [2.05, 4.69) is 77.9 Å². The number of fused-ring (bicyclic) bond motifs is 1. The fourth-order valence-corrected chi connectivity index (χ4v) is 4.56. The van der Waals surface area contributed by atoms with Crippen molar-refractivity contribution < 1.29 is 14.3 Å². The molecule has 2 aromatic rings. The van der Waals surface area contributed by atoms with Gasteiger partial charge < -0.3 is 14.4 Å². The Morgan fingerprint density at radius 2 is 1.90 bits per heavy atom. The molecule has 7 heteroatoms. The lowest BCUT2D eigenvalue weighted by Gasteiger charge is -2.43. The van der Waals surface area contributed by atoms with Gasteiger partial charge in [0, 0.05) is 35.0 Å². The predicted octanol–water partition coefficient (Wildman–Crippen LogP) is 5.09. The largest absolute Gasteiger partial charge is 0.496 e. The van der Waals surface area contributed by atoms with Gasteiger partial charge in [0.05, 0.1) is 29.5 Å². The van der Waals surface area contributed by atoms with Gasteiger partial charge in [-0.1, -0.05) is 6.08 Å². The molecular weight excluding hydrogens is 505 g/mol. The number of hydrogen-bond donors (Lipinski definition) is 1. The Kier molecular flexibility index (Phi) is 6.93. The van der Waals surface area contributed by atoms with Crippen molar-refractivity contribution >= 4 is 46.0 Å². The van der Waals surface area contributed by atoms with Crippen molar-refractivity contribution in [2.75, 3.05) is 25.7 Å². The molecule has 0 saturated carbocycles. The van der Waals surface area contributed by atoms with Gasteiger partial charge in [-0.25, -0.2) is 5.43 Å². The van der Waals surface area contributed by atoms with Crippen LogP contribution in [-0.4, -0.2) is 38.4 Å². The van der Waals surface area contributed by atoms with Crippen LogP contribution in [0.25, 0.3) is 5.57 Å². The van der Waals surface area contributed by atoms with E-state index in [0.29, 0.717) is 17.1 Å². The van der Waals surface area contributed by atoms with Crippen LogP contribution < -0.4 is 19.8 Å². The van der Waals surface area contributed by atoms with Crippen molar-refractivity contribution in [2.24, 2.45) is 5.10 Å². The number of likely N-dealkylation sites (N-methyl/N-ethyl adjacent to an activating group) is 1. The van der Waals surface area contributed by atoms with E-state index in [1.54, 1.807) is 32.6 Å². The van der Waals surface area contributed by atoms with Crippen LogP contribution in [0.3, 0.4) is 0 Å². The molecule has 0 unspecified atom stereocenters. The Hall–Kier alpha value is -2.55. The van der Waals surface area contributed by atoms with Crippen molar-refractivity contribution in [1.29, 1.82) is 0 Å². The molecule has 3 rings (SSSR count). The first kappa shape index (κ1) is 23.1. The molecule has 0 saturated heterocycles. The number of halogens is 1. The fourth-order valence-electron chi connectivity index (χ4n) is 4.00. The van der Waals surface area contributed by atoms with Gasteiger partial charge in [-0.05, 0) is 80.1 Å². The number of ether oxygens (including phenoxy) is 2. The van der Waals surface area contributed by atoms with E-state index >= 15 is 0 Å². The number of methoxy groups -OCH3 is 2. The lowest BCUT2D eigenvalue weighted by Crippen LogP contribution is -2.44. The SMILES string of the molecule is CCN1c2cc(OC)c(/C=N/NC(=O)c3ccc(I)c(OC)c3)cc2C(C)=CC1(C)C. The summed E-state index contributed by atoms with van der Waals surface area (Å²) in [6.45, 7) is 9.57. The Bertz CT molecular complexity index is 1060. The lowest BCUT2D eigenvalue weighted by molar-refractivity contribution is 0.0954. The molecule has 1 N–H and O–H groups in total. The van der Waals surface area contributed by atoms with E-state index in [1.807, 2.05) is 12.1 Å². The Labute approximate surface area is 197 Å². The Morgan fingerprint density at radius 3 is 2.55 bits per heavy atom. The summed E-state index contributed by atoms with van der Waals surface area (Å²) in [5.41, 5.74) is 7.26. The zero-order valence-electron chi connectivity index (χ0n) is 18.7. The predicted molar refractivity (Wildman–Crippen MR) is 135 cm³/mol. The molecule has 0 radical (unpaired) electrons. The second-order valence-corrected chi connectivity index (χ2v) is 9.05. The summed E-state index contributed by atoms with van der Waals surface area (Å²) in [6.07, 6.45) is 3.89. The highest BCUT2D eigenvalue weighted by molar-refractivity contribution is 14.1. The van der Waals surface area contributed by atoms with Crippen LogP contribution in [0.5, 0.6) is 11.5 Å². The van der Waals surface area contributed by atoms with Crippen LogP contribution in [0.4, 0.5) is 5.69 Å². The van der Waals surface area contributed by atoms with Crippen molar-refractivity contribution in [3.63, 3.8) is 0 Å². The summed E-state index contributed by atoms with van der Waals surface area (Å²) in [5.74, 6) is 1.05. The molecule has 6 nitrogen and oxygen atoms in total. The van der Waals surface area contributed by atoms with Gasteiger partial charge in [0.2, 0.25) is 0 Å². The first-order valence-corrected chi connectivity index (χ1v) is 11.2. The highest BCUT2D eigenvalue weighted by Crippen LogP contribution is 2.41. The molecule has 1 heterocycles. The van der Waals surface area contributed by atoms with Crippen LogP contribution in [-0.2, 0) is 0 Å². The van der Waals surface area contributed by atoms with Gasteiger partial charge in [0.15, 0.2) is 0 Å². The van der Waals surface area contributed by atoms with E-state index < -0.39 is 0 Å². The van der Waals surface area contributed by atoms with Crippen molar-refractivity contribution in [2.45, 2.75) is 33.2 Å². The minimum absolute atomic E-state index is 0.0744. The molecule has 0 aromatic heterocycles. The zero-order chi connectivity index (χ0) is 22.8. The third-order valence-electron chi connectivity index (χ3n) is 5.43. The number of carbonyl (C=O) groups excluding carboxylic acids is 1. The first-order chi connectivity index (χ1) is 14.7. The minimum atomic E-state index is -0.308. The molecule has 0 bridgehead atoms. The average Bonchev–Trinajstić information content (AvgIpc) is 2.73. The van der Waals surface area contributed by atoms with Crippen LogP contribution in [0.1, 0.15) is 49.2 Å². The van der Waals surface area contributed by atoms with Gasteiger partial charge in [0.1, 0.15) is 11.5 Å². The number of anilines is 1. The van der Waals surface area contributed by atoms with Gasteiger partial charge in [0.25, 0.3) is 5.91 Å². The van der Waals surface area contributed by atoms with E-state index in [1.165, 1.54) is 5.57 Å². The number of hydrazone groups is 1. The number of nitrogens with zero attached hydrogens (tertiary/aromatic N) is 2. The normalized spacial score (nSPS) is 14.8. The molecule has 0 spiro atoms. The van der Waals surface area contributed by atoms with Gasteiger partial charge >= 0.3 is 0 Å². The summed E-state index contributed by atoms with van der Waals surface area (Å²) < 4.78 is 11.8. The van der Waals surface area contributed by atoms with Crippen LogP contribution in [0.2, 0.25) is 0 Å². The smallest absolute Gasteiger partial charge is 0.271 e. The monoisotopic (exact) mass is 533 g/mol. The third-order valence-corrected chi connectivity index (χ3v) is 6.32. The second-order valence-electron chi connectivity index (χ2n) is 7.89. The van der Waals surface area contributed by atoms with Crippen molar-refractivity contribution in [1.82, 2.24) is 5.43 Å². The Balaban J connectivity index is 1.88. The van der Waals surface area contributed by atoms with Crippen molar-refractivity contribution in [3.05, 3.63) is 56.7 Å². The lowest BCUT2D eigenvalue weighted by atomic mass is 9.88. The van der Waals surface area contributed by atoms with Gasteiger partial charge in [-0.3, -0.25) is 4.79 Å². The molecule has 0 atom stereocenters. The zero-order valence-corrected chi connectivity index (χ0v) is 20.9. The summed E-state index contributed by atoms with van der Waals surface area (Å²) in [6, 6.07) is 9.37. The molecule has 31 heavy (non-hydrogen) atoms. The van der Waals surface area contributed by atoms with Crippen LogP contribution in [0, 0.1) is 3.57 Å². The molecule has 0 fully saturated rings. The summed E-state index contributed by atoms with van der Waals surface area (Å²) in [5, 5.41) is 4.17. The summed E-state index contributed by atoms with van der Waals surface area (Å²) >= 11 is 2.16. The molecule has 2 aromatic carbocycles. The maximum Gasteiger partial charge on any atom is 0.271 e. The number of hydrogen-bond acceptors (Lipinski definition) is 5. The molecule has 1 amide bonds. The van der Waals surface area contributed by atoms with Crippen LogP contribution in [0.15, 0.2) is 41.5 Å². The number of amides is 1. The molecule has 1 aliphatic rings. The topological polar surface area (TPSA) is 63.2 Å². The quantitative estimate of drug-likeness (QED) is 0.319. The van der Waals surface area contributed by atoms with Gasteiger partial charge in [-0.15, -0.1) is 0 Å². The summed E-state index contributed by atoms with van der Waals surface area (Å²) in [4.78, 5) is 14.8. The molecule has 1 aliphatic heterocycles. The highest BCUT2D eigenvalue weighted by Gasteiger charge is 2.31. The fraction of sp³-hybridized carbons (Fsp3) is 0.333. The number of benzene rings is 2. The maximum atomic E-state index is 12.5. The van der Waals surface area contributed by atoms with E-state index in [4.69, 9.17) is 9.47 Å². The minimum Gasteiger partial charge on any atom is -0.496 e. The van der Waals surface area contributed by atoms with Crippen LogP contribution >= 0.6 is 22.6 Å². The molecule has 164 valence electrons.